The highest BCUT2D eigenvalue weighted by Crippen LogP contribution is 2.40. The largest absolute Gasteiger partial charge is 0.419 e. The van der Waals surface area contributed by atoms with Crippen LogP contribution in [0.4, 0.5) is 13.2 Å². The van der Waals surface area contributed by atoms with Gasteiger partial charge in [-0.2, -0.15) is 18.4 Å². The van der Waals surface area contributed by atoms with E-state index in [2.05, 4.69) is 15.9 Å². The summed E-state index contributed by atoms with van der Waals surface area (Å²) in [6.07, 6.45) is -4.99. The van der Waals surface area contributed by atoms with Gasteiger partial charge in [0.25, 0.3) is 9.05 Å². The second-order valence-electron chi connectivity index (χ2n) is 2.84. The van der Waals surface area contributed by atoms with Gasteiger partial charge in [0, 0.05) is 15.2 Å². The van der Waals surface area contributed by atoms with Crippen LogP contribution in [0.15, 0.2) is 21.5 Å². The van der Waals surface area contributed by atoms with Crippen LogP contribution in [0.1, 0.15) is 11.1 Å². The van der Waals surface area contributed by atoms with Crippen LogP contribution >= 0.6 is 26.6 Å². The molecule has 92 valence electrons. The van der Waals surface area contributed by atoms with E-state index in [4.69, 9.17) is 15.9 Å². The lowest BCUT2D eigenvalue weighted by molar-refractivity contribution is -0.140. The fraction of sp³-hybridized carbons (Fsp3) is 0.125. The first kappa shape index (κ1) is 14.3. The fourth-order valence-electron chi connectivity index (χ4n) is 1.15. The smallest absolute Gasteiger partial charge is 0.207 e. The lowest BCUT2D eigenvalue weighted by Crippen LogP contribution is -2.13. The lowest BCUT2D eigenvalue weighted by Gasteiger charge is -2.13. The molecule has 0 aliphatic heterocycles. The lowest BCUT2D eigenvalue weighted by atomic mass is 10.1. The van der Waals surface area contributed by atoms with Gasteiger partial charge in [0.2, 0.25) is 0 Å². The van der Waals surface area contributed by atoms with Crippen LogP contribution in [0.3, 0.4) is 0 Å². The maximum Gasteiger partial charge on any atom is 0.419 e. The first-order chi connectivity index (χ1) is 7.59. The van der Waals surface area contributed by atoms with Gasteiger partial charge in [0.1, 0.15) is 6.07 Å². The number of benzene rings is 1. The van der Waals surface area contributed by atoms with Gasteiger partial charge in [-0.1, -0.05) is 0 Å². The first-order valence-electron chi connectivity index (χ1n) is 3.83. The summed E-state index contributed by atoms with van der Waals surface area (Å²) in [5, 5.41) is 8.63. The van der Waals surface area contributed by atoms with Crippen molar-refractivity contribution in [1.29, 1.82) is 5.26 Å². The van der Waals surface area contributed by atoms with Crippen molar-refractivity contribution in [3.8, 4) is 6.07 Å². The van der Waals surface area contributed by atoms with Gasteiger partial charge in [-0.25, -0.2) is 8.42 Å². The molecule has 0 aliphatic rings. The highest BCUT2D eigenvalue weighted by Gasteiger charge is 2.40. The molecular formula is C8H2BrClF3NO2S. The van der Waals surface area contributed by atoms with E-state index >= 15 is 0 Å². The summed E-state index contributed by atoms with van der Waals surface area (Å²) in [5.41, 5.74) is -2.39. The van der Waals surface area contributed by atoms with Crippen LogP contribution in [0.25, 0.3) is 0 Å². The minimum absolute atomic E-state index is 0.156. The zero-order valence-electron chi connectivity index (χ0n) is 7.72. The molecule has 0 aliphatic carbocycles. The number of nitrogens with zero attached hydrogens (tertiary/aromatic N) is 1. The van der Waals surface area contributed by atoms with Crippen molar-refractivity contribution in [2.75, 3.05) is 0 Å². The molecule has 0 saturated carbocycles. The predicted molar refractivity (Wildman–Crippen MR) is 56.9 cm³/mol. The molecule has 0 N–H and O–H groups in total. The molecule has 0 spiro atoms. The third kappa shape index (κ3) is 2.91. The SMILES string of the molecule is N#Cc1c(Br)ccc(S(=O)(=O)Cl)c1C(F)(F)F. The molecule has 0 radical (unpaired) electrons. The number of hydrogen-bond donors (Lipinski definition) is 0. The molecule has 0 fully saturated rings. The number of nitriles is 1. The minimum atomic E-state index is -4.99. The van der Waals surface area contributed by atoms with Gasteiger partial charge in [-0.15, -0.1) is 0 Å². The molecule has 0 amide bonds. The van der Waals surface area contributed by atoms with Crippen LogP contribution in [-0.2, 0) is 15.2 Å². The van der Waals surface area contributed by atoms with Gasteiger partial charge in [0.15, 0.2) is 0 Å². The Morgan fingerprint density at radius 1 is 1.35 bits per heavy atom. The van der Waals surface area contributed by atoms with E-state index in [1.54, 1.807) is 0 Å². The summed E-state index contributed by atoms with van der Waals surface area (Å²) < 4.78 is 60.0. The normalized spacial score (nSPS) is 12.2. The molecule has 9 heteroatoms. The van der Waals surface area contributed by atoms with Gasteiger partial charge in [-0.3, -0.25) is 0 Å². The molecule has 0 atom stereocenters. The highest BCUT2D eigenvalue weighted by molar-refractivity contribution is 9.10. The molecule has 0 heterocycles. The molecule has 1 rings (SSSR count). The van der Waals surface area contributed by atoms with E-state index in [1.807, 2.05) is 0 Å². The molecular weight excluding hydrogens is 347 g/mol. The minimum Gasteiger partial charge on any atom is -0.207 e. The number of rotatable bonds is 1. The molecule has 17 heavy (non-hydrogen) atoms. The van der Waals surface area contributed by atoms with Crippen molar-refractivity contribution >= 4 is 35.7 Å². The number of alkyl halides is 3. The topological polar surface area (TPSA) is 57.9 Å². The second kappa shape index (κ2) is 4.48. The quantitative estimate of drug-likeness (QED) is 0.732. The van der Waals surface area contributed by atoms with Crippen LogP contribution in [0.5, 0.6) is 0 Å². The van der Waals surface area contributed by atoms with Gasteiger partial charge in [-0.05, 0) is 28.1 Å². The molecule has 0 bridgehead atoms. The Morgan fingerprint density at radius 3 is 2.24 bits per heavy atom. The highest BCUT2D eigenvalue weighted by atomic mass is 79.9. The Kier molecular flexibility index (Phi) is 3.76. The summed E-state index contributed by atoms with van der Waals surface area (Å²) in [5.74, 6) is 0. The van der Waals surface area contributed by atoms with E-state index < -0.39 is 31.2 Å². The Bertz CT molecular complexity index is 606. The summed E-state index contributed by atoms with van der Waals surface area (Å²) in [6, 6.07) is 3.00. The fourth-order valence-corrected chi connectivity index (χ4v) is 2.65. The Morgan fingerprint density at radius 2 is 1.88 bits per heavy atom. The van der Waals surface area contributed by atoms with Crippen molar-refractivity contribution in [2.45, 2.75) is 11.1 Å². The predicted octanol–water partition coefficient (Wildman–Crippen LogP) is 3.27. The van der Waals surface area contributed by atoms with Crippen LogP contribution in [0.2, 0.25) is 0 Å². The Labute approximate surface area is 107 Å². The second-order valence-corrected chi connectivity index (χ2v) is 6.23. The third-order valence-electron chi connectivity index (χ3n) is 1.77. The monoisotopic (exact) mass is 347 g/mol. The maximum atomic E-state index is 12.7. The van der Waals surface area contributed by atoms with Gasteiger partial charge >= 0.3 is 6.18 Å². The zero-order chi connectivity index (χ0) is 13.4. The van der Waals surface area contributed by atoms with Crippen molar-refractivity contribution in [3.63, 3.8) is 0 Å². The van der Waals surface area contributed by atoms with E-state index in [9.17, 15) is 21.6 Å². The Hall–Kier alpha value is -0.780. The average Bonchev–Trinajstić information content (AvgIpc) is 2.13. The summed E-state index contributed by atoms with van der Waals surface area (Å²) in [6.45, 7) is 0. The van der Waals surface area contributed by atoms with E-state index in [0.29, 0.717) is 6.07 Å². The first-order valence-corrected chi connectivity index (χ1v) is 6.93. The number of hydrogen-bond acceptors (Lipinski definition) is 3. The van der Waals surface area contributed by atoms with Gasteiger partial charge < -0.3 is 0 Å². The van der Waals surface area contributed by atoms with Crippen LogP contribution in [0, 0.1) is 11.3 Å². The van der Waals surface area contributed by atoms with E-state index in [-0.39, 0.29) is 4.47 Å². The van der Waals surface area contributed by atoms with Crippen molar-refractivity contribution < 1.29 is 21.6 Å². The molecule has 0 aromatic heterocycles. The maximum absolute atomic E-state index is 12.7. The average molecular weight is 349 g/mol. The standard InChI is InChI=1S/C8H2BrClF3NO2S/c9-5-1-2-6(17(10,15)16)7(4(5)3-14)8(11,12)13/h1-2H. The summed E-state index contributed by atoms with van der Waals surface area (Å²) in [7, 11) is 0.313. The van der Waals surface area contributed by atoms with E-state index in [1.165, 1.54) is 6.07 Å². The molecule has 1 aromatic rings. The summed E-state index contributed by atoms with van der Waals surface area (Å²) >= 11 is 2.74. The molecule has 0 unspecified atom stereocenters. The number of halogens is 5. The van der Waals surface area contributed by atoms with Gasteiger partial charge in [0.05, 0.1) is 16.0 Å². The molecule has 3 nitrogen and oxygen atoms in total. The van der Waals surface area contributed by atoms with E-state index in [0.717, 1.165) is 6.07 Å². The zero-order valence-corrected chi connectivity index (χ0v) is 10.9. The summed E-state index contributed by atoms with van der Waals surface area (Å²) in [4.78, 5) is -1.13. The molecule has 1 aromatic carbocycles. The van der Waals surface area contributed by atoms with Crippen LogP contribution in [-0.4, -0.2) is 8.42 Å². The third-order valence-corrected chi connectivity index (χ3v) is 3.80. The molecule has 0 saturated heterocycles. The van der Waals surface area contributed by atoms with Crippen molar-refractivity contribution in [1.82, 2.24) is 0 Å². The Balaban J connectivity index is 3.85. The van der Waals surface area contributed by atoms with Crippen LogP contribution < -0.4 is 0 Å². The van der Waals surface area contributed by atoms with Crippen molar-refractivity contribution in [3.05, 3.63) is 27.7 Å². The van der Waals surface area contributed by atoms with Crippen molar-refractivity contribution in [2.24, 2.45) is 0 Å².